The Labute approximate surface area is 117 Å². The van der Waals surface area contributed by atoms with Crippen LogP contribution in [-0.4, -0.2) is 4.92 Å². The Kier molecular flexibility index (Phi) is 3.78. The van der Waals surface area contributed by atoms with Gasteiger partial charge in [0.25, 0.3) is 5.69 Å². The van der Waals surface area contributed by atoms with Crippen LogP contribution in [-0.2, 0) is 0 Å². The Hall–Kier alpha value is -2.39. The van der Waals surface area contributed by atoms with Crippen LogP contribution < -0.4 is 5.32 Å². The maximum Gasteiger partial charge on any atom is 0.293 e. The first kappa shape index (κ1) is 13.1. The number of nitrogens with zero attached hydrogens (tertiary/aromatic N) is 2. The lowest BCUT2D eigenvalue weighted by molar-refractivity contribution is -0.383. The van der Waals surface area contributed by atoms with Gasteiger partial charge in [0.05, 0.1) is 16.6 Å². The molecule has 6 heteroatoms. The molecule has 0 saturated heterocycles. The molecular formula is C13H8BrN3O2. The summed E-state index contributed by atoms with van der Waals surface area (Å²) < 4.78 is 0.869. The molecule has 94 valence electrons. The van der Waals surface area contributed by atoms with E-state index in [2.05, 4.69) is 21.2 Å². The van der Waals surface area contributed by atoms with Crippen molar-refractivity contribution in [3.8, 4) is 6.07 Å². The van der Waals surface area contributed by atoms with E-state index in [1.54, 1.807) is 6.07 Å². The van der Waals surface area contributed by atoms with Gasteiger partial charge in [0, 0.05) is 16.2 Å². The van der Waals surface area contributed by atoms with Crippen molar-refractivity contribution in [2.24, 2.45) is 0 Å². The zero-order valence-electron chi connectivity index (χ0n) is 9.63. The van der Waals surface area contributed by atoms with Crippen molar-refractivity contribution in [2.45, 2.75) is 0 Å². The van der Waals surface area contributed by atoms with Crippen molar-refractivity contribution in [1.29, 1.82) is 5.26 Å². The fraction of sp³-hybridized carbons (Fsp3) is 0. The first-order valence-corrected chi connectivity index (χ1v) is 6.10. The second kappa shape index (κ2) is 5.50. The summed E-state index contributed by atoms with van der Waals surface area (Å²) in [4.78, 5) is 10.5. The fourth-order valence-electron chi connectivity index (χ4n) is 1.58. The SMILES string of the molecule is N#Cc1ccc(Nc2cccc(Br)c2)c([N+](=O)[O-])c1. The Morgan fingerprint density at radius 3 is 2.68 bits per heavy atom. The van der Waals surface area contributed by atoms with Crippen LogP contribution in [0.25, 0.3) is 0 Å². The van der Waals surface area contributed by atoms with Crippen molar-refractivity contribution in [2.75, 3.05) is 5.32 Å². The van der Waals surface area contributed by atoms with E-state index in [0.29, 0.717) is 5.69 Å². The number of nitro groups is 1. The molecule has 0 bridgehead atoms. The van der Waals surface area contributed by atoms with Crippen LogP contribution in [0, 0.1) is 21.4 Å². The summed E-state index contributed by atoms with van der Waals surface area (Å²) in [6.07, 6.45) is 0. The van der Waals surface area contributed by atoms with Gasteiger partial charge in [-0.25, -0.2) is 0 Å². The average molecular weight is 318 g/mol. The predicted molar refractivity (Wildman–Crippen MR) is 75.2 cm³/mol. The highest BCUT2D eigenvalue weighted by atomic mass is 79.9. The number of anilines is 2. The van der Waals surface area contributed by atoms with Gasteiger partial charge in [-0.2, -0.15) is 5.26 Å². The van der Waals surface area contributed by atoms with Gasteiger partial charge in [-0.3, -0.25) is 10.1 Å². The number of nitriles is 1. The molecule has 5 nitrogen and oxygen atoms in total. The highest BCUT2D eigenvalue weighted by molar-refractivity contribution is 9.10. The second-order valence-electron chi connectivity index (χ2n) is 3.74. The van der Waals surface area contributed by atoms with Crippen molar-refractivity contribution in [3.05, 3.63) is 62.6 Å². The van der Waals surface area contributed by atoms with Gasteiger partial charge in [0.15, 0.2) is 0 Å². The van der Waals surface area contributed by atoms with Crippen molar-refractivity contribution in [3.63, 3.8) is 0 Å². The summed E-state index contributed by atoms with van der Waals surface area (Å²) in [5, 5.41) is 22.7. The zero-order chi connectivity index (χ0) is 13.8. The molecule has 0 aliphatic rings. The number of nitro benzene ring substituents is 1. The Balaban J connectivity index is 2.40. The van der Waals surface area contributed by atoms with Crippen LogP contribution in [0.2, 0.25) is 0 Å². The van der Waals surface area contributed by atoms with E-state index in [-0.39, 0.29) is 11.3 Å². The van der Waals surface area contributed by atoms with E-state index in [1.807, 2.05) is 24.3 Å². The molecule has 0 radical (unpaired) electrons. The van der Waals surface area contributed by atoms with Gasteiger partial charge in [-0.05, 0) is 30.3 Å². The molecule has 0 unspecified atom stereocenters. The molecule has 0 aliphatic heterocycles. The summed E-state index contributed by atoms with van der Waals surface area (Å²) in [5.41, 5.74) is 1.20. The second-order valence-corrected chi connectivity index (χ2v) is 4.65. The van der Waals surface area contributed by atoms with Crippen LogP contribution in [0.5, 0.6) is 0 Å². The molecule has 1 N–H and O–H groups in total. The number of benzene rings is 2. The van der Waals surface area contributed by atoms with Crippen molar-refractivity contribution in [1.82, 2.24) is 0 Å². The first-order chi connectivity index (χ1) is 9.10. The minimum absolute atomic E-state index is 0.126. The van der Waals surface area contributed by atoms with Gasteiger partial charge < -0.3 is 5.32 Å². The largest absolute Gasteiger partial charge is 0.350 e. The lowest BCUT2D eigenvalue weighted by atomic mass is 10.2. The molecule has 0 atom stereocenters. The van der Waals surface area contributed by atoms with E-state index in [9.17, 15) is 10.1 Å². The van der Waals surface area contributed by atoms with Crippen LogP contribution >= 0.6 is 15.9 Å². The quantitative estimate of drug-likeness (QED) is 0.686. The smallest absolute Gasteiger partial charge is 0.293 e. The van der Waals surface area contributed by atoms with E-state index >= 15 is 0 Å². The third kappa shape index (κ3) is 3.09. The monoisotopic (exact) mass is 317 g/mol. The summed E-state index contributed by atoms with van der Waals surface area (Å²) in [6.45, 7) is 0. The summed E-state index contributed by atoms with van der Waals surface area (Å²) in [7, 11) is 0. The number of halogens is 1. The molecule has 0 amide bonds. The van der Waals surface area contributed by atoms with Crippen LogP contribution in [0.3, 0.4) is 0 Å². The molecule has 2 rings (SSSR count). The summed E-state index contributed by atoms with van der Waals surface area (Å²) in [6, 6.07) is 13.5. The molecule has 0 saturated carbocycles. The standard InChI is InChI=1S/C13H8BrN3O2/c14-10-2-1-3-11(7-10)16-12-5-4-9(8-15)6-13(12)17(18)19/h1-7,16H. The minimum atomic E-state index is -0.513. The van der Waals surface area contributed by atoms with E-state index < -0.39 is 4.92 Å². The summed E-state index contributed by atoms with van der Waals surface area (Å²) in [5.74, 6) is 0. The minimum Gasteiger partial charge on any atom is -0.350 e. The number of hydrogen-bond acceptors (Lipinski definition) is 4. The molecular weight excluding hydrogens is 310 g/mol. The molecule has 0 aliphatic carbocycles. The first-order valence-electron chi connectivity index (χ1n) is 5.31. The molecule has 2 aromatic carbocycles. The lowest BCUT2D eigenvalue weighted by Gasteiger charge is -2.07. The molecule has 0 aromatic heterocycles. The van der Waals surface area contributed by atoms with Gasteiger partial charge >= 0.3 is 0 Å². The van der Waals surface area contributed by atoms with Crippen LogP contribution in [0.15, 0.2) is 46.9 Å². The Bertz CT molecular complexity index is 680. The van der Waals surface area contributed by atoms with E-state index in [0.717, 1.165) is 10.2 Å². The number of nitrogens with one attached hydrogen (secondary N) is 1. The molecule has 0 fully saturated rings. The molecule has 0 spiro atoms. The Morgan fingerprint density at radius 2 is 2.05 bits per heavy atom. The van der Waals surface area contributed by atoms with Crippen molar-refractivity contribution >= 4 is 33.0 Å². The maximum atomic E-state index is 11.0. The van der Waals surface area contributed by atoms with Gasteiger partial charge in [0.1, 0.15) is 5.69 Å². The molecule has 19 heavy (non-hydrogen) atoms. The Morgan fingerprint density at radius 1 is 1.26 bits per heavy atom. The molecule has 0 heterocycles. The van der Waals surface area contributed by atoms with Crippen LogP contribution in [0.1, 0.15) is 5.56 Å². The number of hydrogen-bond donors (Lipinski definition) is 1. The van der Waals surface area contributed by atoms with E-state index in [1.165, 1.54) is 18.2 Å². The average Bonchev–Trinajstić information content (AvgIpc) is 2.39. The van der Waals surface area contributed by atoms with Gasteiger partial charge in [-0.15, -0.1) is 0 Å². The fourth-order valence-corrected chi connectivity index (χ4v) is 1.98. The third-order valence-electron chi connectivity index (χ3n) is 2.43. The third-order valence-corrected chi connectivity index (χ3v) is 2.92. The highest BCUT2D eigenvalue weighted by Gasteiger charge is 2.14. The normalized spacial score (nSPS) is 9.68. The highest BCUT2D eigenvalue weighted by Crippen LogP contribution is 2.29. The van der Waals surface area contributed by atoms with Gasteiger partial charge in [-0.1, -0.05) is 22.0 Å². The molecule has 2 aromatic rings. The topological polar surface area (TPSA) is 79.0 Å². The number of rotatable bonds is 3. The predicted octanol–water partition coefficient (Wildman–Crippen LogP) is 3.97. The lowest BCUT2D eigenvalue weighted by Crippen LogP contribution is -1.97. The van der Waals surface area contributed by atoms with Crippen molar-refractivity contribution < 1.29 is 4.92 Å². The van der Waals surface area contributed by atoms with Crippen LogP contribution in [0.4, 0.5) is 17.1 Å². The maximum absolute atomic E-state index is 11.0. The van der Waals surface area contributed by atoms with E-state index in [4.69, 9.17) is 5.26 Å². The zero-order valence-corrected chi connectivity index (χ0v) is 11.2. The summed E-state index contributed by atoms with van der Waals surface area (Å²) >= 11 is 3.33. The van der Waals surface area contributed by atoms with Gasteiger partial charge in [0.2, 0.25) is 0 Å².